The molecule has 2 aromatic carbocycles. The fourth-order valence-electron chi connectivity index (χ4n) is 3.40. The van der Waals surface area contributed by atoms with Crippen LogP contribution in [0.5, 0.6) is 17.2 Å². The van der Waals surface area contributed by atoms with Gasteiger partial charge in [0.05, 0.1) is 5.56 Å². The van der Waals surface area contributed by atoms with E-state index in [2.05, 4.69) is 6.92 Å². The second-order valence-electron chi connectivity index (χ2n) is 7.25. The Morgan fingerprint density at radius 3 is 2.11 bits per heavy atom. The second-order valence-corrected chi connectivity index (χ2v) is 7.25. The number of aromatic hydroxyl groups is 2. The Hall–Kier alpha value is -2.49. The molecule has 0 atom stereocenters. The molecule has 28 heavy (non-hydrogen) atoms. The first-order chi connectivity index (χ1) is 13.6. The van der Waals surface area contributed by atoms with Crippen molar-refractivity contribution >= 4 is 22.8 Å². The summed E-state index contributed by atoms with van der Waals surface area (Å²) in [5.41, 5.74) is 0.339. The molecule has 152 valence electrons. The van der Waals surface area contributed by atoms with Crippen molar-refractivity contribution in [1.29, 1.82) is 0 Å². The number of carbonyl (C=O) groups is 1. The standard InChI is InChI=1S/C24H32O4/c1-3-4-5-6-7-8-9-10-11-12-17-21-22(26)19-15-13-14-16-20(19)23(27)24(21)28-18(2)25/h12-17,26-27H,3-11H2,1-2H3/b17-12-. The fraction of sp³-hybridized carbons (Fsp3) is 0.458. The summed E-state index contributed by atoms with van der Waals surface area (Å²) in [4.78, 5) is 11.5. The lowest BCUT2D eigenvalue weighted by atomic mass is 10.0. The van der Waals surface area contributed by atoms with Crippen LogP contribution in [0.2, 0.25) is 0 Å². The molecule has 0 heterocycles. The topological polar surface area (TPSA) is 66.8 Å². The third-order valence-corrected chi connectivity index (χ3v) is 4.91. The van der Waals surface area contributed by atoms with Crippen molar-refractivity contribution in [3.63, 3.8) is 0 Å². The molecule has 0 amide bonds. The fourth-order valence-corrected chi connectivity index (χ4v) is 3.40. The molecule has 0 aliphatic rings. The molecule has 0 bridgehead atoms. The number of unbranched alkanes of at least 4 members (excludes halogenated alkanes) is 8. The first-order valence-corrected chi connectivity index (χ1v) is 10.4. The summed E-state index contributed by atoms with van der Waals surface area (Å²) in [7, 11) is 0. The van der Waals surface area contributed by atoms with Crippen molar-refractivity contribution < 1.29 is 19.7 Å². The highest BCUT2D eigenvalue weighted by Crippen LogP contribution is 2.45. The van der Waals surface area contributed by atoms with Gasteiger partial charge >= 0.3 is 5.97 Å². The van der Waals surface area contributed by atoms with E-state index in [0.29, 0.717) is 16.3 Å². The molecule has 0 spiro atoms. The zero-order valence-electron chi connectivity index (χ0n) is 17.0. The summed E-state index contributed by atoms with van der Waals surface area (Å²) >= 11 is 0. The molecule has 0 fully saturated rings. The average molecular weight is 385 g/mol. The number of carbonyl (C=O) groups excluding carboxylic acids is 1. The minimum atomic E-state index is -0.539. The van der Waals surface area contributed by atoms with Crippen molar-refractivity contribution in [2.75, 3.05) is 0 Å². The van der Waals surface area contributed by atoms with E-state index >= 15 is 0 Å². The number of esters is 1. The molecular formula is C24H32O4. The van der Waals surface area contributed by atoms with Crippen LogP contribution in [-0.4, -0.2) is 16.2 Å². The highest BCUT2D eigenvalue weighted by Gasteiger charge is 2.19. The van der Waals surface area contributed by atoms with E-state index in [1.54, 1.807) is 30.3 Å². The van der Waals surface area contributed by atoms with Gasteiger partial charge in [0, 0.05) is 17.7 Å². The summed E-state index contributed by atoms with van der Waals surface area (Å²) in [5.74, 6) is -0.647. The number of phenols is 2. The zero-order valence-corrected chi connectivity index (χ0v) is 17.0. The zero-order chi connectivity index (χ0) is 20.4. The van der Waals surface area contributed by atoms with Gasteiger partial charge in [-0.05, 0) is 12.8 Å². The number of rotatable bonds is 11. The lowest BCUT2D eigenvalue weighted by Gasteiger charge is -2.13. The monoisotopic (exact) mass is 384 g/mol. The number of fused-ring (bicyclic) bond motifs is 1. The number of allylic oxidation sites excluding steroid dienone is 1. The van der Waals surface area contributed by atoms with Crippen molar-refractivity contribution in [2.24, 2.45) is 0 Å². The molecule has 0 unspecified atom stereocenters. The molecular weight excluding hydrogens is 352 g/mol. The molecule has 4 heteroatoms. The molecule has 0 aliphatic carbocycles. The third-order valence-electron chi connectivity index (χ3n) is 4.91. The van der Waals surface area contributed by atoms with Crippen LogP contribution in [-0.2, 0) is 4.79 Å². The molecule has 2 aromatic rings. The van der Waals surface area contributed by atoms with E-state index in [9.17, 15) is 15.0 Å². The lowest BCUT2D eigenvalue weighted by Crippen LogP contribution is -2.03. The van der Waals surface area contributed by atoms with Crippen LogP contribution in [0.4, 0.5) is 0 Å². The number of phenolic OH excluding ortho intramolecular Hbond substituents is 2. The highest BCUT2D eigenvalue weighted by atomic mass is 16.5. The van der Waals surface area contributed by atoms with E-state index in [1.165, 1.54) is 51.9 Å². The summed E-state index contributed by atoms with van der Waals surface area (Å²) < 4.78 is 5.21. The van der Waals surface area contributed by atoms with Crippen LogP contribution in [0.15, 0.2) is 30.3 Å². The van der Waals surface area contributed by atoms with Gasteiger partial charge < -0.3 is 14.9 Å². The number of benzene rings is 2. The second kappa shape index (κ2) is 11.4. The molecule has 0 aliphatic heterocycles. The van der Waals surface area contributed by atoms with Gasteiger partial charge in [-0.1, -0.05) is 88.3 Å². The average Bonchev–Trinajstić information content (AvgIpc) is 2.69. The molecule has 4 nitrogen and oxygen atoms in total. The smallest absolute Gasteiger partial charge is 0.308 e. The van der Waals surface area contributed by atoms with Gasteiger partial charge in [-0.25, -0.2) is 0 Å². The van der Waals surface area contributed by atoms with Gasteiger partial charge in [0.1, 0.15) is 5.75 Å². The van der Waals surface area contributed by atoms with Crippen molar-refractivity contribution in [3.8, 4) is 17.2 Å². The highest BCUT2D eigenvalue weighted by molar-refractivity contribution is 5.99. The summed E-state index contributed by atoms with van der Waals surface area (Å²) in [6.45, 7) is 3.51. The predicted molar refractivity (Wildman–Crippen MR) is 115 cm³/mol. The van der Waals surface area contributed by atoms with Crippen molar-refractivity contribution in [1.82, 2.24) is 0 Å². The summed E-state index contributed by atoms with van der Waals surface area (Å²) in [6.07, 6.45) is 14.6. The molecule has 2 rings (SSSR count). The molecule has 0 saturated carbocycles. The van der Waals surface area contributed by atoms with E-state index in [1.807, 2.05) is 6.08 Å². The van der Waals surface area contributed by atoms with Crippen LogP contribution >= 0.6 is 0 Å². The van der Waals surface area contributed by atoms with Crippen molar-refractivity contribution in [2.45, 2.75) is 71.6 Å². The van der Waals surface area contributed by atoms with E-state index < -0.39 is 5.97 Å². The van der Waals surface area contributed by atoms with Crippen LogP contribution in [0.3, 0.4) is 0 Å². The Kier molecular flexibility index (Phi) is 8.86. The van der Waals surface area contributed by atoms with Crippen LogP contribution in [0.1, 0.15) is 77.2 Å². The molecule has 0 aromatic heterocycles. The Morgan fingerprint density at radius 1 is 0.929 bits per heavy atom. The van der Waals surface area contributed by atoms with Gasteiger partial charge in [-0.3, -0.25) is 4.79 Å². The quantitative estimate of drug-likeness (QED) is 0.195. The number of hydrogen-bond donors (Lipinski definition) is 2. The van der Waals surface area contributed by atoms with Crippen LogP contribution in [0.25, 0.3) is 16.8 Å². The Labute approximate surface area is 167 Å². The number of hydrogen-bond acceptors (Lipinski definition) is 4. The van der Waals surface area contributed by atoms with Gasteiger partial charge in [0.15, 0.2) is 11.5 Å². The van der Waals surface area contributed by atoms with E-state index in [4.69, 9.17) is 4.74 Å². The predicted octanol–water partition coefficient (Wildman–Crippen LogP) is 6.72. The Balaban J connectivity index is 2.03. The largest absolute Gasteiger partial charge is 0.507 e. The van der Waals surface area contributed by atoms with Gasteiger partial charge in [0.25, 0.3) is 0 Å². The first kappa shape index (κ1) is 21.8. The minimum Gasteiger partial charge on any atom is -0.507 e. The minimum absolute atomic E-state index is 0.0101. The van der Waals surface area contributed by atoms with E-state index in [-0.39, 0.29) is 17.2 Å². The van der Waals surface area contributed by atoms with Gasteiger partial charge in [-0.15, -0.1) is 0 Å². The van der Waals surface area contributed by atoms with Crippen molar-refractivity contribution in [3.05, 3.63) is 35.9 Å². The third kappa shape index (κ3) is 6.01. The lowest BCUT2D eigenvalue weighted by molar-refractivity contribution is -0.132. The van der Waals surface area contributed by atoms with Crippen LogP contribution in [0, 0.1) is 0 Å². The van der Waals surface area contributed by atoms with Gasteiger partial charge in [0.2, 0.25) is 0 Å². The molecule has 0 saturated heterocycles. The van der Waals surface area contributed by atoms with E-state index in [0.717, 1.165) is 12.8 Å². The Morgan fingerprint density at radius 2 is 1.50 bits per heavy atom. The SMILES string of the molecule is CCCCCCCCCC/C=C\c1c(OC(C)=O)c(O)c2ccccc2c1O. The first-order valence-electron chi connectivity index (χ1n) is 10.4. The summed E-state index contributed by atoms with van der Waals surface area (Å²) in [6, 6.07) is 6.97. The number of ether oxygens (including phenoxy) is 1. The molecule has 0 radical (unpaired) electrons. The maximum absolute atomic E-state index is 11.5. The summed E-state index contributed by atoms with van der Waals surface area (Å²) in [5, 5.41) is 22.2. The van der Waals surface area contributed by atoms with Crippen LogP contribution < -0.4 is 4.74 Å². The van der Waals surface area contributed by atoms with Gasteiger partial charge in [-0.2, -0.15) is 0 Å². The normalized spacial score (nSPS) is 11.4. The maximum Gasteiger partial charge on any atom is 0.308 e. The maximum atomic E-state index is 11.5. The molecule has 2 N–H and O–H groups in total. The Bertz CT molecular complexity index is 808.